The van der Waals surface area contributed by atoms with Crippen LogP contribution in [0, 0.1) is 11.6 Å². The lowest BCUT2D eigenvalue weighted by Gasteiger charge is -2.17. The van der Waals surface area contributed by atoms with Crippen LogP contribution in [-0.2, 0) is 31.0 Å². The molecule has 6 aromatic rings. The molecule has 2 aromatic heterocycles. The molecule has 1 aliphatic heterocycles. The summed E-state index contributed by atoms with van der Waals surface area (Å²) < 4.78 is 32.4. The van der Waals surface area contributed by atoms with Gasteiger partial charge in [0.05, 0.1) is 24.7 Å². The molecule has 2 amide bonds. The summed E-state index contributed by atoms with van der Waals surface area (Å²) in [5.41, 5.74) is 5.35. The number of carbonyl (C=O) groups excluding carboxylic acids is 1. The third-order valence-corrected chi connectivity index (χ3v) is 9.66. The summed E-state index contributed by atoms with van der Waals surface area (Å²) in [5, 5.41) is 2.97. The van der Waals surface area contributed by atoms with Crippen LogP contribution in [0.1, 0.15) is 22.3 Å². The van der Waals surface area contributed by atoms with Gasteiger partial charge in [-0.15, -0.1) is 23.7 Å². The van der Waals surface area contributed by atoms with E-state index < -0.39 is 35.5 Å². The molecule has 0 atom stereocenters. The maximum absolute atomic E-state index is 15.0. The van der Waals surface area contributed by atoms with E-state index in [1.807, 2.05) is 24.3 Å². The smallest absolute Gasteiger partial charge is 0.306 e. The second kappa shape index (κ2) is 14.1. The maximum atomic E-state index is 15.0. The van der Waals surface area contributed by atoms with Gasteiger partial charge in [-0.3, -0.25) is 19.1 Å². The number of hydroxylamine groups is 1. The number of fused-ring (bicyclic) bond motifs is 2. The van der Waals surface area contributed by atoms with Crippen LogP contribution >= 0.6 is 23.7 Å². The van der Waals surface area contributed by atoms with Crippen LogP contribution < -0.4 is 22.0 Å². The molecule has 9 nitrogen and oxygen atoms in total. The van der Waals surface area contributed by atoms with E-state index in [1.54, 1.807) is 42.5 Å². The predicted octanol–water partition coefficient (Wildman–Crippen LogP) is 6.83. The Morgan fingerprint density at radius 1 is 0.816 bits per heavy atom. The Labute approximate surface area is 289 Å². The fourth-order valence-corrected chi connectivity index (χ4v) is 7.43. The molecule has 0 saturated carbocycles. The van der Waals surface area contributed by atoms with Gasteiger partial charge in [0.2, 0.25) is 0 Å². The maximum Gasteiger partial charge on any atom is 0.343 e. The third kappa shape index (κ3) is 6.51. The fraction of sp³-hybridized carbons (Fsp3) is 0.139. The first-order valence-corrected chi connectivity index (χ1v) is 15.9. The zero-order valence-corrected chi connectivity index (χ0v) is 27.7. The number of urea groups is 1. The Morgan fingerprint density at radius 2 is 1.45 bits per heavy atom. The second-order valence-corrected chi connectivity index (χ2v) is 12.4. The molecule has 0 spiro atoms. The number of aromatic nitrogens is 2. The van der Waals surface area contributed by atoms with Crippen molar-refractivity contribution in [3.05, 3.63) is 152 Å². The van der Waals surface area contributed by atoms with Crippen molar-refractivity contribution in [2.45, 2.75) is 26.2 Å². The minimum atomic E-state index is -0.792. The summed E-state index contributed by atoms with van der Waals surface area (Å²) in [6.45, 7) is 1.28. The number of nitrogens with zero attached hydrogens (tertiary/aromatic N) is 3. The molecule has 4 aromatic carbocycles. The predicted molar refractivity (Wildman–Crippen MR) is 188 cm³/mol. The average Bonchev–Trinajstić information content (AvgIpc) is 3.67. The van der Waals surface area contributed by atoms with Gasteiger partial charge in [0.15, 0.2) is 0 Å². The number of nitrogens with one attached hydrogen (secondary N) is 2. The van der Waals surface area contributed by atoms with Crippen molar-refractivity contribution < 1.29 is 18.4 Å². The van der Waals surface area contributed by atoms with E-state index in [0.717, 1.165) is 27.1 Å². The van der Waals surface area contributed by atoms with Gasteiger partial charge < -0.3 is 5.32 Å². The Kier molecular flexibility index (Phi) is 9.74. The lowest BCUT2D eigenvalue weighted by atomic mass is 10.1. The summed E-state index contributed by atoms with van der Waals surface area (Å²) in [5.74, 6) is -1.58. The van der Waals surface area contributed by atoms with Gasteiger partial charge >= 0.3 is 11.7 Å². The molecular formula is C36H30ClF2N5O4S. The van der Waals surface area contributed by atoms with E-state index in [2.05, 4.69) is 32.7 Å². The van der Waals surface area contributed by atoms with E-state index in [4.69, 9.17) is 0 Å². The molecule has 7 rings (SSSR count). The number of benzene rings is 4. The molecule has 3 heterocycles. The number of carbonyl (C=O) groups is 1. The Hall–Kier alpha value is -5.14. The highest BCUT2D eigenvalue weighted by atomic mass is 35.5. The summed E-state index contributed by atoms with van der Waals surface area (Å²) in [6, 6.07) is 26.7. The highest BCUT2D eigenvalue weighted by molar-refractivity contribution is 7.22. The number of thiophene rings is 1. The Bertz CT molecular complexity index is 2250. The molecule has 250 valence electrons. The topological polar surface area (TPSA) is 97.6 Å². The van der Waals surface area contributed by atoms with Crippen molar-refractivity contribution in [2.24, 2.45) is 0 Å². The second-order valence-electron chi connectivity index (χ2n) is 11.4. The average molecular weight is 702 g/mol. The largest absolute Gasteiger partial charge is 0.343 e. The molecule has 13 heteroatoms. The summed E-state index contributed by atoms with van der Waals surface area (Å²) >= 11 is 1.22. The van der Waals surface area contributed by atoms with Crippen molar-refractivity contribution in [3.63, 3.8) is 0 Å². The van der Waals surface area contributed by atoms with Crippen molar-refractivity contribution in [3.8, 4) is 16.1 Å². The first-order valence-electron chi connectivity index (χ1n) is 15.1. The molecule has 0 saturated heterocycles. The highest BCUT2D eigenvalue weighted by Gasteiger charge is 2.28. The van der Waals surface area contributed by atoms with Gasteiger partial charge in [0.1, 0.15) is 16.5 Å². The number of para-hydroxylation sites is 1. The normalized spacial score (nSPS) is 12.5. The minimum Gasteiger partial charge on any atom is -0.306 e. The fourth-order valence-electron chi connectivity index (χ4n) is 6.13. The van der Waals surface area contributed by atoms with Crippen LogP contribution in [0.2, 0.25) is 0 Å². The molecular weight excluding hydrogens is 672 g/mol. The van der Waals surface area contributed by atoms with Gasteiger partial charge in [-0.25, -0.2) is 28.4 Å². The molecule has 0 aliphatic carbocycles. The molecule has 0 unspecified atom stereocenters. The molecule has 49 heavy (non-hydrogen) atoms. The van der Waals surface area contributed by atoms with Crippen LogP contribution in [0.15, 0.2) is 107 Å². The molecule has 2 N–H and O–H groups in total. The molecule has 1 aliphatic rings. The zero-order valence-electron chi connectivity index (χ0n) is 26.1. The monoisotopic (exact) mass is 701 g/mol. The number of amides is 2. The molecule has 0 radical (unpaired) electrons. The van der Waals surface area contributed by atoms with Crippen molar-refractivity contribution in [2.75, 3.05) is 12.4 Å². The van der Waals surface area contributed by atoms with Crippen LogP contribution in [0.3, 0.4) is 0 Å². The van der Waals surface area contributed by atoms with Gasteiger partial charge in [-0.1, -0.05) is 60.7 Å². The SMILES string of the molecule is CONC(=O)Nc1ccc(-c2sc3c(c2CN2Cc4ccccc4C2)c(=O)n(-c2ccccc2)c(=O)n3Cc2c(F)cccc2F)cc1.Cl. The van der Waals surface area contributed by atoms with E-state index in [9.17, 15) is 14.4 Å². The number of hydrogen-bond acceptors (Lipinski definition) is 6. The Morgan fingerprint density at radius 3 is 2.08 bits per heavy atom. The van der Waals surface area contributed by atoms with E-state index in [0.29, 0.717) is 46.8 Å². The van der Waals surface area contributed by atoms with Gasteiger partial charge in [0.25, 0.3) is 5.56 Å². The van der Waals surface area contributed by atoms with Crippen LogP contribution in [0.5, 0.6) is 0 Å². The quantitative estimate of drug-likeness (QED) is 0.170. The van der Waals surface area contributed by atoms with Gasteiger partial charge in [0, 0.05) is 35.8 Å². The summed E-state index contributed by atoms with van der Waals surface area (Å²) in [7, 11) is 1.33. The number of hydrogen-bond donors (Lipinski definition) is 2. The number of rotatable bonds is 8. The van der Waals surface area contributed by atoms with Gasteiger partial charge in [-0.05, 0) is 58.7 Å². The van der Waals surface area contributed by atoms with Crippen LogP contribution in [0.25, 0.3) is 26.3 Å². The lowest BCUT2D eigenvalue weighted by Crippen LogP contribution is -2.39. The standard InChI is InChI=1S/C36H29F2N5O4S.ClH/c1-47-40-35(45)39-25-16-14-22(15-17-25)32-28(20-41-18-23-8-5-6-9-24(23)19-41)31-33(44)43(26-10-3-2-4-11-26)36(46)42(34(31)48-32)21-27-29(37)12-7-13-30(27)38;/h2-17H,18-21H2,1H3,(H2,39,40,45);1H. The highest BCUT2D eigenvalue weighted by Crippen LogP contribution is 2.40. The summed E-state index contributed by atoms with van der Waals surface area (Å²) in [6.07, 6.45) is 0. The number of anilines is 1. The first kappa shape index (κ1) is 33.7. The van der Waals surface area contributed by atoms with Crippen LogP contribution in [-0.4, -0.2) is 27.2 Å². The summed E-state index contributed by atoms with van der Waals surface area (Å²) in [4.78, 5) is 48.6. The van der Waals surface area contributed by atoms with Crippen molar-refractivity contribution >= 4 is 45.7 Å². The van der Waals surface area contributed by atoms with E-state index in [1.165, 1.54) is 40.2 Å². The zero-order chi connectivity index (χ0) is 33.4. The van der Waals surface area contributed by atoms with Crippen LogP contribution in [0.4, 0.5) is 19.3 Å². The van der Waals surface area contributed by atoms with E-state index in [-0.39, 0.29) is 18.0 Å². The first-order chi connectivity index (χ1) is 23.3. The molecule has 0 fully saturated rings. The minimum absolute atomic E-state index is 0. The molecule has 0 bridgehead atoms. The van der Waals surface area contributed by atoms with Gasteiger partial charge in [-0.2, -0.15) is 0 Å². The third-order valence-electron chi connectivity index (χ3n) is 8.35. The Balaban J connectivity index is 0.00000417. The van der Waals surface area contributed by atoms with Crippen molar-refractivity contribution in [1.82, 2.24) is 19.5 Å². The van der Waals surface area contributed by atoms with E-state index >= 15 is 8.78 Å². The van der Waals surface area contributed by atoms with Crippen molar-refractivity contribution in [1.29, 1.82) is 0 Å². The lowest BCUT2D eigenvalue weighted by molar-refractivity contribution is 0.114. The number of halogens is 3.